The second-order valence-corrected chi connectivity index (χ2v) is 5.26. The molecule has 0 saturated carbocycles. The van der Waals surface area contributed by atoms with E-state index in [9.17, 15) is 0 Å². The third kappa shape index (κ3) is 2.33. The second-order valence-electron chi connectivity index (χ2n) is 4.85. The molecule has 0 spiro atoms. The van der Waals surface area contributed by atoms with Crippen LogP contribution in [0.25, 0.3) is 0 Å². The molecule has 1 aliphatic rings. The first-order chi connectivity index (χ1) is 7.58. The van der Waals surface area contributed by atoms with Gasteiger partial charge in [-0.05, 0) is 51.1 Å². The lowest BCUT2D eigenvalue weighted by molar-refractivity contribution is 0.371. The van der Waals surface area contributed by atoms with Gasteiger partial charge in [-0.3, -0.25) is 0 Å². The Hall–Kier alpha value is -0.730. The summed E-state index contributed by atoms with van der Waals surface area (Å²) in [6.45, 7) is 3.16. The molecule has 3 heteroatoms. The predicted octanol–water partition coefficient (Wildman–Crippen LogP) is 2.94. The maximum absolute atomic E-state index is 6.15. The summed E-state index contributed by atoms with van der Waals surface area (Å²) >= 11 is 6.15. The van der Waals surface area contributed by atoms with Gasteiger partial charge < -0.3 is 10.2 Å². The number of nitrogens with one attached hydrogen (secondary N) is 1. The van der Waals surface area contributed by atoms with Gasteiger partial charge in [0.2, 0.25) is 0 Å². The van der Waals surface area contributed by atoms with Crippen LogP contribution < -0.4 is 5.32 Å². The average Bonchev–Trinajstić information content (AvgIpc) is 2.23. The molecule has 0 saturated heterocycles. The van der Waals surface area contributed by atoms with Crippen molar-refractivity contribution in [3.63, 3.8) is 0 Å². The van der Waals surface area contributed by atoms with Crippen molar-refractivity contribution in [1.29, 1.82) is 0 Å². The molecule has 0 aliphatic carbocycles. The maximum atomic E-state index is 6.15. The lowest BCUT2D eigenvalue weighted by atomic mass is 9.95. The van der Waals surface area contributed by atoms with Crippen molar-refractivity contribution < 1.29 is 0 Å². The van der Waals surface area contributed by atoms with E-state index < -0.39 is 0 Å². The minimum absolute atomic E-state index is 0.541. The van der Waals surface area contributed by atoms with Crippen molar-refractivity contribution in [2.24, 2.45) is 0 Å². The number of likely N-dealkylation sites (N-methyl/N-ethyl adjacent to an activating group) is 1. The van der Waals surface area contributed by atoms with Gasteiger partial charge in [-0.25, -0.2) is 0 Å². The maximum Gasteiger partial charge on any atom is 0.0455 e. The molecule has 0 radical (unpaired) electrons. The Labute approximate surface area is 103 Å². The van der Waals surface area contributed by atoms with Crippen LogP contribution in [0.3, 0.4) is 0 Å². The van der Waals surface area contributed by atoms with E-state index in [0.29, 0.717) is 6.04 Å². The lowest BCUT2D eigenvalue weighted by Crippen LogP contribution is -2.35. The number of fused-ring (bicyclic) bond motifs is 1. The topological polar surface area (TPSA) is 15.3 Å². The molecule has 0 fully saturated rings. The normalized spacial score (nSPS) is 19.4. The van der Waals surface area contributed by atoms with Crippen LogP contribution in [0.4, 0.5) is 5.69 Å². The summed E-state index contributed by atoms with van der Waals surface area (Å²) < 4.78 is 0. The highest BCUT2D eigenvalue weighted by Gasteiger charge is 2.20. The first kappa shape index (κ1) is 11.7. The Kier molecular flexibility index (Phi) is 3.41. The molecule has 1 aromatic rings. The Bertz CT molecular complexity index is 388. The number of benzene rings is 1. The quantitative estimate of drug-likeness (QED) is 0.853. The minimum atomic E-state index is 0.541. The fraction of sp³-hybridized carbons (Fsp3) is 0.538. The minimum Gasteiger partial charge on any atom is -0.381 e. The molecule has 1 aromatic carbocycles. The zero-order valence-electron chi connectivity index (χ0n) is 10.2. The van der Waals surface area contributed by atoms with Crippen LogP contribution in [0.15, 0.2) is 12.1 Å². The first-order valence-electron chi connectivity index (χ1n) is 5.77. The summed E-state index contributed by atoms with van der Waals surface area (Å²) in [7, 11) is 4.23. The van der Waals surface area contributed by atoms with Crippen LogP contribution >= 0.6 is 11.6 Å². The van der Waals surface area contributed by atoms with Crippen molar-refractivity contribution in [3.05, 3.63) is 28.3 Å². The summed E-state index contributed by atoms with van der Waals surface area (Å²) in [6.07, 6.45) is 2.35. The smallest absolute Gasteiger partial charge is 0.0455 e. The standard InChI is InChI=1S/C13H19ClN2/c1-9-12(14)7-5-10-4-6-11(8-16(2)3)15-13(9)10/h5,7,11,15H,4,6,8H2,1-3H3. The molecular formula is C13H19ClN2. The Morgan fingerprint density at radius 3 is 2.88 bits per heavy atom. The third-order valence-corrected chi connectivity index (χ3v) is 3.59. The Morgan fingerprint density at radius 2 is 2.19 bits per heavy atom. The van der Waals surface area contributed by atoms with Crippen molar-refractivity contribution in [1.82, 2.24) is 4.90 Å². The van der Waals surface area contributed by atoms with E-state index in [1.165, 1.54) is 23.2 Å². The number of hydrogen-bond acceptors (Lipinski definition) is 2. The molecule has 1 heterocycles. The van der Waals surface area contributed by atoms with E-state index in [4.69, 9.17) is 11.6 Å². The van der Waals surface area contributed by atoms with Gasteiger partial charge in [0.05, 0.1) is 0 Å². The van der Waals surface area contributed by atoms with Gasteiger partial charge in [-0.1, -0.05) is 17.7 Å². The fourth-order valence-electron chi connectivity index (χ4n) is 2.34. The lowest BCUT2D eigenvalue weighted by Gasteiger charge is -2.30. The molecule has 16 heavy (non-hydrogen) atoms. The summed E-state index contributed by atoms with van der Waals surface area (Å²) in [6, 6.07) is 4.69. The molecule has 0 aromatic heterocycles. The van der Waals surface area contributed by atoms with Gasteiger partial charge in [0.1, 0.15) is 0 Å². The van der Waals surface area contributed by atoms with Gasteiger partial charge in [-0.2, -0.15) is 0 Å². The Morgan fingerprint density at radius 1 is 1.44 bits per heavy atom. The van der Waals surface area contributed by atoms with Crippen molar-refractivity contribution in [2.75, 3.05) is 26.0 Å². The van der Waals surface area contributed by atoms with Crippen LogP contribution in [-0.4, -0.2) is 31.6 Å². The van der Waals surface area contributed by atoms with Crippen LogP contribution in [0.1, 0.15) is 17.5 Å². The highest BCUT2D eigenvalue weighted by atomic mass is 35.5. The first-order valence-corrected chi connectivity index (χ1v) is 6.15. The summed E-state index contributed by atoms with van der Waals surface area (Å²) in [5.74, 6) is 0. The average molecular weight is 239 g/mol. The molecule has 1 unspecified atom stereocenters. The van der Waals surface area contributed by atoms with E-state index in [0.717, 1.165) is 18.0 Å². The summed E-state index contributed by atoms with van der Waals surface area (Å²) in [5.41, 5.74) is 3.84. The fourth-order valence-corrected chi connectivity index (χ4v) is 2.49. The molecule has 88 valence electrons. The molecule has 1 aliphatic heterocycles. The van der Waals surface area contributed by atoms with Gasteiger partial charge in [0.15, 0.2) is 0 Å². The van der Waals surface area contributed by atoms with E-state index in [2.05, 4.69) is 37.3 Å². The molecule has 2 nitrogen and oxygen atoms in total. The van der Waals surface area contributed by atoms with Gasteiger partial charge in [0, 0.05) is 23.3 Å². The predicted molar refractivity (Wildman–Crippen MR) is 70.5 cm³/mol. The molecule has 2 rings (SSSR count). The monoisotopic (exact) mass is 238 g/mol. The van der Waals surface area contributed by atoms with Crippen molar-refractivity contribution >= 4 is 17.3 Å². The van der Waals surface area contributed by atoms with Crippen LogP contribution in [0.2, 0.25) is 5.02 Å². The number of anilines is 1. The highest BCUT2D eigenvalue weighted by Crippen LogP contribution is 2.32. The number of rotatable bonds is 2. The van der Waals surface area contributed by atoms with Crippen LogP contribution in [0.5, 0.6) is 0 Å². The SMILES string of the molecule is Cc1c(Cl)ccc2c1NC(CN(C)C)CC2. The van der Waals surface area contributed by atoms with E-state index in [-0.39, 0.29) is 0 Å². The molecule has 0 amide bonds. The number of hydrogen-bond donors (Lipinski definition) is 1. The molecule has 0 bridgehead atoms. The van der Waals surface area contributed by atoms with Gasteiger partial charge in [-0.15, -0.1) is 0 Å². The zero-order chi connectivity index (χ0) is 11.7. The summed E-state index contributed by atoms with van der Waals surface area (Å²) in [4.78, 5) is 2.22. The van der Waals surface area contributed by atoms with Crippen molar-refractivity contribution in [2.45, 2.75) is 25.8 Å². The number of nitrogens with zero attached hydrogens (tertiary/aromatic N) is 1. The van der Waals surface area contributed by atoms with Gasteiger partial charge >= 0.3 is 0 Å². The van der Waals surface area contributed by atoms with Gasteiger partial charge in [0.25, 0.3) is 0 Å². The number of halogens is 1. The second kappa shape index (κ2) is 4.64. The third-order valence-electron chi connectivity index (χ3n) is 3.18. The van der Waals surface area contributed by atoms with Crippen molar-refractivity contribution in [3.8, 4) is 0 Å². The van der Waals surface area contributed by atoms with Crippen LogP contribution in [-0.2, 0) is 6.42 Å². The van der Waals surface area contributed by atoms with Crippen LogP contribution in [0, 0.1) is 6.92 Å². The molecule has 1 N–H and O–H groups in total. The van der Waals surface area contributed by atoms with E-state index in [1.54, 1.807) is 0 Å². The molecule has 1 atom stereocenters. The van der Waals surface area contributed by atoms with E-state index >= 15 is 0 Å². The summed E-state index contributed by atoms with van der Waals surface area (Å²) in [5, 5.41) is 4.47. The highest BCUT2D eigenvalue weighted by molar-refractivity contribution is 6.31. The zero-order valence-corrected chi connectivity index (χ0v) is 10.9. The molecular weight excluding hydrogens is 220 g/mol. The number of aryl methyl sites for hydroxylation is 1. The van der Waals surface area contributed by atoms with E-state index in [1.807, 2.05) is 6.07 Å². The Balaban J connectivity index is 2.22. The largest absolute Gasteiger partial charge is 0.381 e.